The molecule has 0 radical (unpaired) electrons. The summed E-state index contributed by atoms with van der Waals surface area (Å²) in [6.45, 7) is 1.92. The van der Waals surface area contributed by atoms with Crippen LogP contribution >= 0.6 is 0 Å². The van der Waals surface area contributed by atoms with Crippen molar-refractivity contribution in [2.45, 2.75) is 6.92 Å². The number of aromatic amines is 1. The summed E-state index contributed by atoms with van der Waals surface area (Å²) in [5, 5.41) is 3.16. The molecule has 2 heterocycles. The summed E-state index contributed by atoms with van der Waals surface area (Å²) in [4.78, 5) is 21.7. The Morgan fingerprint density at radius 1 is 1.39 bits per heavy atom. The van der Waals surface area contributed by atoms with E-state index in [1.165, 1.54) is 6.33 Å². The zero-order chi connectivity index (χ0) is 12.5. The van der Waals surface area contributed by atoms with Gasteiger partial charge in [-0.1, -0.05) is 0 Å². The molecule has 0 aliphatic heterocycles. The predicted molar refractivity (Wildman–Crippen MR) is 66.9 cm³/mol. The SMILES string of the molecule is Cc1cncnc1Nc1ccc2oc(=O)[nH]c2c1. The van der Waals surface area contributed by atoms with Crippen LogP contribution in [0, 0.1) is 6.92 Å². The Hall–Kier alpha value is -2.63. The molecule has 90 valence electrons. The van der Waals surface area contributed by atoms with Crippen LogP contribution in [0.2, 0.25) is 0 Å². The minimum atomic E-state index is -0.458. The van der Waals surface area contributed by atoms with Crippen molar-refractivity contribution >= 4 is 22.6 Å². The van der Waals surface area contributed by atoms with Crippen molar-refractivity contribution in [1.82, 2.24) is 15.0 Å². The fourth-order valence-electron chi connectivity index (χ4n) is 1.70. The van der Waals surface area contributed by atoms with Crippen molar-refractivity contribution in [3.05, 3.63) is 46.8 Å². The van der Waals surface area contributed by atoms with E-state index in [9.17, 15) is 4.79 Å². The maximum atomic E-state index is 11.0. The molecule has 3 rings (SSSR count). The number of hydrogen-bond donors (Lipinski definition) is 2. The number of oxazole rings is 1. The lowest BCUT2D eigenvalue weighted by Gasteiger charge is -2.06. The van der Waals surface area contributed by atoms with Gasteiger partial charge < -0.3 is 9.73 Å². The van der Waals surface area contributed by atoms with Gasteiger partial charge in [0, 0.05) is 17.4 Å². The zero-order valence-electron chi connectivity index (χ0n) is 9.60. The number of benzene rings is 1. The van der Waals surface area contributed by atoms with Gasteiger partial charge in [-0.3, -0.25) is 4.98 Å². The third-order valence-electron chi connectivity index (χ3n) is 2.58. The van der Waals surface area contributed by atoms with Crippen LogP contribution in [0.25, 0.3) is 11.1 Å². The van der Waals surface area contributed by atoms with Gasteiger partial charge in [0.1, 0.15) is 12.1 Å². The predicted octanol–water partition coefficient (Wildman–Crippen LogP) is 1.96. The fraction of sp³-hybridized carbons (Fsp3) is 0.0833. The number of nitrogens with zero attached hydrogens (tertiary/aromatic N) is 2. The third kappa shape index (κ3) is 1.84. The van der Waals surface area contributed by atoms with Crippen molar-refractivity contribution < 1.29 is 4.42 Å². The molecule has 6 nitrogen and oxygen atoms in total. The Balaban J connectivity index is 2.00. The van der Waals surface area contributed by atoms with E-state index in [0.717, 1.165) is 17.1 Å². The molecule has 1 aromatic carbocycles. The smallest absolute Gasteiger partial charge is 0.408 e. The van der Waals surface area contributed by atoms with Gasteiger partial charge in [-0.15, -0.1) is 0 Å². The van der Waals surface area contributed by atoms with E-state index in [-0.39, 0.29) is 0 Å². The van der Waals surface area contributed by atoms with Gasteiger partial charge in [-0.25, -0.2) is 14.8 Å². The molecule has 0 atom stereocenters. The Morgan fingerprint density at radius 2 is 2.28 bits per heavy atom. The van der Waals surface area contributed by atoms with Gasteiger partial charge in [-0.05, 0) is 25.1 Å². The quantitative estimate of drug-likeness (QED) is 0.717. The number of H-pyrrole nitrogens is 1. The first kappa shape index (κ1) is 10.5. The first-order valence-corrected chi connectivity index (χ1v) is 5.39. The largest absolute Gasteiger partial charge is 0.417 e. The van der Waals surface area contributed by atoms with E-state index >= 15 is 0 Å². The van der Waals surface area contributed by atoms with E-state index in [0.29, 0.717) is 11.1 Å². The first-order valence-electron chi connectivity index (χ1n) is 5.39. The monoisotopic (exact) mass is 242 g/mol. The minimum Gasteiger partial charge on any atom is -0.408 e. The van der Waals surface area contributed by atoms with Crippen molar-refractivity contribution in [2.75, 3.05) is 5.32 Å². The molecule has 0 saturated heterocycles. The van der Waals surface area contributed by atoms with Gasteiger partial charge in [-0.2, -0.15) is 0 Å². The molecular weight excluding hydrogens is 232 g/mol. The summed E-state index contributed by atoms with van der Waals surface area (Å²) in [6, 6.07) is 5.34. The highest BCUT2D eigenvalue weighted by atomic mass is 16.4. The molecule has 0 amide bonds. The minimum absolute atomic E-state index is 0.458. The molecule has 2 aromatic heterocycles. The Kier molecular flexibility index (Phi) is 2.33. The lowest BCUT2D eigenvalue weighted by molar-refractivity contribution is 0.555. The lowest BCUT2D eigenvalue weighted by Crippen LogP contribution is -1.97. The second kappa shape index (κ2) is 3.99. The van der Waals surface area contributed by atoms with Crippen LogP contribution in [-0.4, -0.2) is 15.0 Å². The van der Waals surface area contributed by atoms with Crippen LogP contribution in [0.4, 0.5) is 11.5 Å². The molecule has 0 bridgehead atoms. The van der Waals surface area contributed by atoms with Gasteiger partial charge in [0.15, 0.2) is 5.58 Å². The lowest BCUT2D eigenvalue weighted by atomic mass is 10.2. The Bertz CT molecular complexity index is 760. The third-order valence-corrected chi connectivity index (χ3v) is 2.58. The molecular formula is C12H10N4O2. The highest BCUT2D eigenvalue weighted by Gasteiger charge is 2.04. The summed E-state index contributed by atoms with van der Waals surface area (Å²) in [5.41, 5.74) is 2.95. The van der Waals surface area contributed by atoms with E-state index in [4.69, 9.17) is 4.42 Å². The summed E-state index contributed by atoms with van der Waals surface area (Å²) >= 11 is 0. The molecule has 0 unspecified atom stereocenters. The van der Waals surface area contributed by atoms with Crippen LogP contribution in [0.15, 0.2) is 39.9 Å². The van der Waals surface area contributed by atoms with E-state index < -0.39 is 5.76 Å². The normalized spacial score (nSPS) is 10.7. The number of fused-ring (bicyclic) bond motifs is 1. The maximum Gasteiger partial charge on any atom is 0.417 e. The summed E-state index contributed by atoms with van der Waals surface area (Å²) < 4.78 is 4.93. The number of rotatable bonds is 2. The van der Waals surface area contributed by atoms with Gasteiger partial charge in [0.25, 0.3) is 0 Å². The topological polar surface area (TPSA) is 83.8 Å². The van der Waals surface area contributed by atoms with Crippen molar-refractivity contribution in [3.63, 3.8) is 0 Å². The molecule has 0 aliphatic rings. The summed E-state index contributed by atoms with van der Waals surface area (Å²) in [5.74, 6) is 0.274. The van der Waals surface area contributed by atoms with Crippen LogP contribution in [0.3, 0.4) is 0 Å². The number of anilines is 2. The molecule has 0 fully saturated rings. The second-order valence-corrected chi connectivity index (χ2v) is 3.90. The molecule has 0 spiro atoms. The van der Waals surface area contributed by atoms with Crippen molar-refractivity contribution in [2.24, 2.45) is 0 Å². The van der Waals surface area contributed by atoms with E-state index in [1.807, 2.05) is 13.0 Å². The number of hydrogen-bond acceptors (Lipinski definition) is 5. The zero-order valence-corrected chi connectivity index (χ0v) is 9.60. The van der Waals surface area contributed by atoms with Gasteiger partial charge >= 0.3 is 5.76 Å². The molecule has 0 saturated carbocycles. The number of nitrogens with one attached hydrogen (secondary N) is 2. The van der Waals surface area contributed by atoms with Crippen LogP contribution in [-0.2, 0) is 0 Å². The Morgan fingerprint density at radius 3 is 3.11 bits per heavy atom. The number of aryl methyl sites for hydroxylation is 1. The Labute approximate surface area is 102 Å². The molecule has 0 aliphatic carbocycles. The van der Waals surface area contributed by atoms with Crippen LogP contribution in [0.1, 0.15) is 5.56 Å². The molecule has 6 heteroatoms. The molecule has 18 heavy (non-hydrogen) atoms. The van der Waals surface area contributed by atoms with E-state index in [2.05, 4.69) is 20.3 Å². The standard InChI is InChI=1S/C12H10N4O2/c1-7-5-13-6-14-11(7)15-8-2-3-10-9(4-8)16-12(17)18-10/h2-6H,1H3,(H,16,17)(H,13,14,15). The molecule has 3 aromatic rings. The maximum absolute atomic E-state index is 11.0. The fourth-order valence-corrected chi connectivity index (χ4v) is 1.70. The highest BCUT2D eigenvalue weighted by Crippen LogP contribution is 2.20. The van der Waals surface area contributed by atoms with Crippen molar-refractivity contribution in [1.29, 1.82) is 0 Å². The number of aromatic nitrogens is 3. The molecule has 2 N–H and O–H groups in total. The van der Waals surface area contributed by atoms with Crippen LogP contribution < -0.4 is 11.1 Å². The average molecular weight is 242 g/mol. The summed E-state index contributed by atoms with van der Waals surface area (Å²) in [7, 11) is 0. The van der Waals surface area contributed by atoms with Crippen LogP contribution in [0.5, 0.6) is 0 Å². The van der Waals surface area contributed by atoms with Gasteiger partial charge in [0.2, 0.25) is 0 Å². The average Bonchev–Trinajstić information content (AvgIpc) is 2.71. The van der Waals surface area contributed by atoms with E-state index in [1.54, 1.807) is 18.3 Å². The summed E-state index contributed by atoms with van der Waals surface area (Å²) in [6.07, 6.45) is 3.21. The second-order valence-electron chi connectivity index (χ2n) is 3.90. The first-order chi connectivity index (χ1) is 8.72. The van der Waals surface area contributed by atoms with Gasteiger partial charge in [0.05, 0.1) is 5.52 Å². The van der Waals surface area contributed by atoms with Crippen molar-refractivity contribution in [3.8, 4) is 0 Å². The highest BCUT2D eigenvalue weighted by molar-refractivity contribution is 5.78.